The molecule has 1 aliphatic heterocycles. The van der Waals surface area contributed by atoms with Gasteiger partial charge in [0.25, 0.3) is 0 Å². The number of benzene rings is 2. The molecule has 0 aliphatic carbocycles. The van der Waals surface area contributed by atoms with E-state index in [1.54, 1.807) is 17.0 Å². The Balaban J connectivity index is 1.51. The van der Waals surface area contributed by atoms with Crippen LogP contribution in [0.15, 0.2) is 60.7 Å². The molecule has 0 N–H and O–H groups in total. The van der Waals surface area contributed by atoms with Crippen LogP contribution in [0, 0.1) is 0 Å². The second-order valence-corrected chi connectivity index (χ2v) is 7.48. The summed E-state index contributed by atoms with van der Waals surface area (Å²) in [5.41, 5.74) is 0.935. The van der Waals surface area contributed by atoms with Crippen molar-refractivity contribution in [1.29, 1.82) is 0 Å². The summed E-state index contributed by atoms with van der Waals surface area (Å²) in [6.07, 6.45) is 0.0868. The van der Waals surface area contributed by atoms with Crippen LogP contribution in [0.2, 0.25) is 0 Å². The lowest BCUT2D eigenvalue weighted by Gasteiger charge is -2.36. The maximum absolute atomic E-state index is 12.7. The molecular weight excluding hydrogens is 340 g/mol. The van der Waals surface area contributed by atoms with Crippen LogP contribution in [-0.2, 0) is 10.2 Å². The molecule has 0 aromatic heterocycles. The molecule has 1 heterocycles. The van der Waals surface area contributed by atoms with Crippen LogP contribution < -0.4 is 4.74 Å². The van der Waals surface area contributed by atoms with Crippen LogP contribution >= 0.6 is 0 Å². The Morgan fingerprint density at radius 3 is 1.96 bits per heavy atom. The highest BCUT2D eigenvalue weighted by molar-refractivity contribution is 5.78. The molecule has 5 heteroatoms. The number of carbonyl (C=O) groups is 2. The van der Waals surface area contributed by atoms with Gasteiger partial charge in [0, 0.05) is 32.6 Å². The van der Waals surface area contributed by atoms with Gasteiger partial charge in [-0.05, 0) is 23.1 Å². The van der Waals surface area contributed by atoms with Crippen molar-refractivity contribution < 1.29 is 14.3 Å². The molecule has 2 aromatic carbocycles. The normalized spacial score (nSPS) is 14.7. The van der Waals surface area contributed by atoms with Crippen LogP contribution in [0.4, 0.5) is 4.79 Å². The summed E-state index contributed by atoms with van der Waals surface area (Å²) in [4.78, 5) is 28.5. The lowest BCUT2D eigenvalue weighted by molar-refractivity contribution is -0.133. The molecule has 3 rings (SSSR count). The molecule has 5 nitrogen and oxygen atoms in total. The van der Waals surface area contributed by atoms with Crippen molar-refractivity contribution in [2.45, 2.75) is 25.7 Å². The molecule has 0 spiro atoms. The van der Waals surface area contributed by atoms with Gasteiger partial charge >= 0.3 is 6.09 Å². The van der Waals surface area contributed by atoms with E-state index in [9.17, 15) is 9.59 Å². The van der Waals surface area contributed by atoms with Crippen molar-refractivity contribution in [3.63, 3.8) is 0 Å². The van der Waals surface area contributed by atoms with E-state index in [2.05, 4.69) is 26.0 Å². The second-order valence-electron chi connectivity index (χ2n) is 7.48. The minimum atomic E-state index is -0.363. The number of para-hydroxylation sites is 1. The summed E-state index contributed by atoms with van der Waals surface area (Å²) in [6.45, 7) is 6.23. The molecule has 142 valence electrons. The van der Waals surface area contributed by atoms with E-state index >= 15 is 0 Å². The van der Waals surface area contributed by atoms with Crippen molar-refractivity contribution in [2.75, 3.05) is 26.2 Å². The quantitative estimate of drug-likeness (QED) is 0.829. The molecule has 1 saturated heterocycles. The smallest absolute Gasteiger partial charge is 0.410 e. The van der Waals surface area contributed by atoms with E-state index in [1.165, 1.54) is 0 Å². The number of rotatable bonds is 4. The van der Waals surface area contributed by atoms with Crippen molar-refractivity contribution in [3.05, 3.63) is 66.2 Å². The summed E-state index contributed by atoms with van der Waals surface area (Å²) in [5, 5.41) is 0. The third kappa shape index (κ3) is 4.88. The highest BCUT2D eigenvalue weighted by Crippen LogP contribution is 2.27. The Morgan fingerprint density at radius 2 is 1.37 bits per heavy atom. The van der Waals surface area contributed by atoms with Gasteiger partial charge in [-0.15, -0.1) is 0 Å². The summed E-state index contributed by atoms with van der Waals surface area (Å²) < 4.78 is 5.37. The monoisotopic (exact) mass is 366 g/mol. The van der Waals surface area contributed by atoms with E-state index in [-0.39, 0.29) is 17.4 Å². The lowest BCUT2D eigenvalue weighted by atomic mass is 9.81. The molecular formula is C22H26N2O3. The molecule has 1 aliphatic rings. The Kier molecular flexibility index (Phi) is 5.79. The lowest BCUT2D eigenvalue weighted by Crippen LogP contribution is -2.52. The summed E-state index contributed by atoms with van der Waals surface area (Å²) >= 11 is 0. The van der Waals surface area contributed by atoms with Crippen LogP contribution in [0.1, 0.15) is 25.8 Å². The summed E-state index contributed by atoms with van der Waals surface area (Å²) in [7, 11) is 0. The molecule has 0 unspecified atom stereocenters. The number of hydrogen-bond acceptors (Lipinski definition) is 3. The predicted octanol–water partition coefficient (Wildman–Crippen LogP) is 3.70. The highest BCUT2D eigenvalue weighted by Gasteiger charge is 2.30. The highest BCUT2D eigenvalue weighted by atomic mass is 16.6. The molecule has 0 radical (unpaired) electrons. The molecule has 0 atom stereocenters. The van der Waals surface area contributed by atoms with Gasteiger partial charge in [-0.25, -0.2) is 4.79 Å². The van der Waals surface area contributed by atoms with Gasteiger partial charge in [0.2, 0.25) is 5.91 Å². The number of piperazine rings is 1. The van der Waals surface area contributed by atoms with E-state index in [0.29, 0.717) is 38.3 Å². The Labute approximate surface area is 160 Å². The first kappa shape index (κ1) is 19.0. The fraction of sp³-hybridized carbons (Fsp3) is 0.364. The van der Waals surface area contributed by atoms with Crippen LogP contribution in [0.5, 0.6) is 5.75 Å². The minimum Gasteiger partial charge on any atom is -0.410 e. The van der Waals surface area contributed by atoms with Gasteiger partial charge in [0.05, 0.1) is 0 Å². The zero-order valence-electron chi connectivity index (χ0n) is 15.9. The predicted molar refractivity (Wildman–Crippen MR) is 105 cm³/mol. The van der Waals surface area contributed by atoms with E-state index < -0.39 is 0 Å². The number of carbonyl (C=O) groups excluding carboxylic acids is 2. The van der Waals surface area contributed by atoms with Gasteiger partial charge in [0.1, 0.15) is 5.75 Å². The Morgan fingerprint density at radius 1 is 0.852 bits per heavy atom. The van der Waals surface area contributed by atoms with E-state index in [0.717, 1.165) is 5.56 Å². The first-order chi connectivity index (χ1) is 13.0. The number of ether oxygens (including phenoxy) is 1. The SMILES string of the molecule is CC(C)(CC(=O)N1CCN(C(=O)Oc2ccccc2)CC1)c1ccccc1. The summed E-state index contributed by atoms with van der Waals surface area (Å²) in [6, 6.07) is 19.1. The largest absolute Gasteiger partial charge is 0.415 e. The van der Waals surface area contributed by atoms with Crippen molar-refractivity contribution in [3.8, 4) is 5.75 Å². The number of hydrogen-bond donors (Lipinski definition) is 0. The fourth-order valence-corrected chi connectivity index (χ4v) is 3.27. The summed E-state index contributed by atoms with van der Waals surface area (Å²) in [5.74, 6) is 0.658. The zero-order chi connectivity index (χ0) is 19.3. The first-order valence-electron chi connectivity index (χ1n) is 9.31. The van der Waals surface area contributed by atoms with Gasteiger partial charge in [-0.3, -0.25) is 4.79 Å². The molecule has 0 saturated carbocycles. The number of nitrogens with zero attached hydrogens (tertiary/aromatic N) is 2. The molecule has 0 bridgehead atoms. The van der Waals surface area contributed by atoms with Crippen molar-refractivity contribution in [2.24, 2.45) is 0 Å². The maximum Gasteiger partial charge on any atom is 0.415 e. The van der Waals surface area contributed by atoms with Gasteiger partial charge < -0.3 is 14.5 Å². The standard InChI is InChI=1S/C22H26N2O3/c1-22(2,18-9-5-3-6-10-18)17-20(25)23-13-15-24(16-14-23)21(26)27-19-11-7-4-8-12-19/h3-12H,13-17H2,1-2H3. The van der Waals surface area contributed by atoms with E-state index in [1.807, 2.05) is 41.3 Å². The minimum absolute atomic E-state index is 0.125. The number of amides is 2. The van der Waals surface area contributed by atoms with Crippen LogP contribution in [0.3, 0.4) is 0 Å². The average molecular weight is 366 g/mol. The van der Waals surface area contributed by atoms with Gasteiger partial charge in [-0.1, -0.05) is 62.4 Å². The van der Waals surface area contributed by atoms with Crippen molar-refractivity contribution in [1.82, 2.24) is 9.80 Å². The molecule has 1 fully saturated rings. The third-order valence-electron chi connectivity index (χ3n) is 4.99. The van der Waals surface area contributed by atoms with Gasteiger partial charge in [-0.2, -0.15) is 0 Å². The van der Waals surface area contributed by atoms with Crippen LogP contribution in [0.25, 0.3) is 0 Å². The van der Waals surface area contributed by atoms with Gasteiger partial charge in [0.15, 0.2) is 0 Å². The maximum atomic E-state index is 12.7. The Hall–Kier alpha value is -2.82. The third-order valence-corrected chi connectivity index (χ3v) is 4.99. The molecule has 2 amide bonds. The Bertz CT molecular complexity index is 767. The van der Waals surface area contributed by atoms with Crippen LogP contribution in [-0.4, -0.2) is 48.0 Å². The molecule has 2 aromatic rings. The zero-order valence-corrected chi connectivity index (χ0v) is 15.9. The average Bonchev–Trinajstić information content (AvgIpc) is 2.69. The fourth-order valence-electron chi connectivity index (χ4n) is 3.27. The van der Waals surface area contributed by atoms with E-state index in [4.69, 9.17) is 4.74 Å². The topological polar surface area (TPSA) is 49.9 Å². The first-order valence-corrected chi connectivity index (χ1v) is 9.31. The second kappa shape index (κ2) is 8.25. The molecule has 27 heavy (non-hydrogen) atoms. The van der Waals surface area contributed by atoms with Crippen molar-refractivity contribution >= 4 is 12.0 Å².